The molecular weight excluding hydrogens is 347 g/mol. The lowest BCUT2D eigenvalue weighted by Gasteiger charge is -2.13. The predicted molar refractivity (Wildman–Crippen MR) is 89.4 cm³/mol. The molecule has 0 radical (unpaired) electrons. The van der Waals surface area contributed by atoms with Crippen molar-refractivity contribution in [1.82, 2.24) is 19.7 Å². The lowest BCUT2D eigenvalue weighted by atomic mass is 10.0. The molecule has 26 heavy (non-hydrogen) atoms. The number of imidazole rings is 1. The van der Waals surface area contributed by atoms with Gasteiger partial charge in [-0.15, -0.1) is 0 Å². The van der Waals surface area contributed by atoms with Gasteiger partial charge in [-0.05, 0) is 36.8 Å². The third-order valence-corrected chi connectivity index (χ3v) is 3.87. The summed E-state index contributed by atoms with van der Waals surface area (Å²) in [6, 6.07) is 4.97. The van der Waals surface area contributed by atoms with Crippen molar-refractivity contribution in [2.75, 3.05) is 5.32 Å². The summed E-state index contributed by atoms with van der Waals surface area (Å²) in [5.41, 5.74) is 0.523. The minimum Gasteiger partial charge on any atom is -0.507 e. The predicted octanol–water partition coefficient (Wildman–Crippen LogP) is 3.52. The summed E-state index contributed by atoms with van der Waals surface area (Å²) in [5, 5.41) is 21.2. The van der Waals surface area contributed by atoms with Crippen LogP contribution in [0.15, 0.2) is 36.7 Å². The number of benzene rings is 1. The molecule has 0 atom stereocenters. The van der Waals surface area contributed by atoms with Gasteiger partial charge in [-0.3, -0.25) is 0 Å². The Kier molecular flexibility index (Phi) is 4.54. The molecule has 9 heteroatoms. The average molecular weight is 363 g/mol. The van der Waals surface area contributed by atoms with Gasteiger partial charge in [0.15, 0.2) is 0 Å². The number of phenolic OH excluding ortho intramolecular Hbond substituents is 1. The second-order valence-electron chi connectivity index (χ2n) is 5.81. The van der Waals surface area contributed by atoms with Gasteiger partial charge in [0, 0.05) is 25.0 Å². The third kappa shape index (κ3) is 3.61. The quantitative estimate of drug-likeness (QED) is 0.742. The van der Waals surface area contributed by atoms with Gasteiger partial charge in [0.1, 0.15) is 5.75 Å². The van der Waals surface area contributed by atoms with E-state index >= 15 is 0 Å². The Balaban J connectivity index is 1.81. The van der Waals surface area contributed by atoms with Gasteiger partial charge < -0.3 is 15.0 Å². The zero-order chi connectivity index (χ0) is 18.9. The van der Waals surface area contributed by atoms with Crippen LogP contribution in [-0.4, -0.2) is 24.9 Å². The number of nitrogens with one attached hydrogen (secondary N) is 1. The number of phenols is 1. The molecule has 0 spiro atoms. The highest BCUT2D eigenvalue weighted by molar-refractivity contribution is 5.71. The number of hydrogen-bond acceptors (Lipinski definition) is 5. The number of anilines is 1. The lowest BCUT2D eigenvalue weighted by Crippen LogP contribution is -2.07. The Morgan fingerprint density at radius 1 is 1.19 bits per heavy atom. The lowest BCUT2D eigenvalue weighted by molar-refractivity contribution is -0.137. The normalized spacial score (nSPS) is 11.6. The van der Waals surface area contributed by atoms with Gasteiger partial charge in [0.05, 0.1) is 23.5 Å². The third-order valence-electron chi connectivity index (χ3n) is 3.87. The van der Waals surface area contributed by atoms with E-state index in [1.54, 1.807) is 24.5 Å². The average Bonchev–Trinajstić information content (AvgIpc) is 2.97. The summed E-state index contributed by atoms with van der Waals surface area (Å²) in [5.74, 6) is 0.192. The first kappa shape index (κ1) is 17.7. The van der Waals surface area contributed by atoms with Gasteiger partial charge >= 0.3 is 6.18 Å². The summed E-state index contributed by atoms with van der Waals surface area (Å²) < 4.78 is 40.2. The van der Waals surface area contributed by atoms with Crippen molar-refractivity contribution >= 4 is 5.95 Å². The van der Waals surface area contributed by atoms with E-state index in [9.17, 15) is 18.3 Å². The van der Waals surface area contributed by atoms with Crippen LogP contribution < -0.4 is 5.32 Å². The van der Waals surface area contributed by atoms with E-state index < -0.39 is 17.5 Å². The number of aromatic nitrogens is 4. The van der Waals surface area contributed by atoms with E-state index in [1.165, 1.54) is 6.92 Å². The molecule has 0 aliphatic carbocycles. The maximum Gasteiger partial charge on any atom is 0.416 e. The fourth-order valence-corrected chi connectivity index (χ4v) is 2.56. The van der Waals surface area contributed by atoms with Crippen LogP contribution in [0.3, 0.4) is 0 Å². The number of aryl methyl sites for hydroxylation is 2. The van der Waals surface area contributed by atoms with E-state index in [2.05, 4.69) is 20.5 Å². The molecule has 3 rings (SSSR count). The zero-order valence-electron chi connectivity index (χ0n) is 14.0. The summed E-state index contributed by atoms with van der Waals surface area (Å²) in [6.07, 6.45) is -1.06. The van der Waals surface area contributed by atoms with Crippen molar-refractivity contribution < 1.29 is 18.3 Å². The SMILES string of the molecule is Cc1cc(C(F)(F)F)cc(O)c1-c1ccc(CNc2nccn2C)nn1. The van der Waals surface area contributed by atoms with Crippen LogP contribution in [0.4, 0.5) is 19.1 Å². The molecule has 0 aliphatic rings. The smallest absolute Gasteiger partial charge is 0.416 e. The van der Waals surface area contributed by atoms with E-state index in [1.807, 2.05) is 11.6 Å². The molecule has 0 bridgehead atoms. The van der Waals surface area contributed by atoms with Gasteiger partial charge in [-0.1, -0.05) is 0 Å². The summed E-state index contributed by atoms with van der Waals surface area (Å²) in [4.78, 5) is 4.13. The molecule has 0 saturated carbocycles. The number of halogens is 3. The largest absolute Gasteiger partial charge is 0.507 e. The summed E-state index contributed by atoms with van der Waals surface area (Å²) >= 11 is 0. The molecule has 2 aromatic heterocycles. The highest BCUT2D eigenvalue weighted by Gasteiger charge is 2.32. The first-order valence-corrected chi connectivity index (χ1v) is 7.70. The zero-order valence-corrected chi connectivity index (χ0v) is 14.0. The van der Waals surface area contributed by atoms with Crippen LogP contribution in [0.2, 0.25) is 0 Å². The monoisotopic (exact) mass is 363 g/mol. The van der Waals surface area contributed by atoms with Gasteiger partial charge in [-0.2, -0.15) is 23.4 Å². The molecule has 3 aromatic rings. The number of rotatable bonds is 4. The molecule has 0 saturated heterocycles. The molecular formula is C17H16F3N5O. The molecule has 6 nitrogen and oxygen atoms in total. The maximum absolute atomic E-state index is 12.8. The number of aromatic hydroxyl groups is 1. The highest BCUT2D eigenvalue weighted by atomic mass is 19.4. The van der Waals surface area contributed by atoms with Crippen molar-refractivity contribution in [2.24, 2.45) is 7.05 Å². The number of nitrogens with zero attached hydrogens (tertiary/aromatic N) is 4. The van der Waals surface area contributed by atoms with Crippen molar-refractivity contribution in [3.63, 3.8) is 0 Å². The molecule has 2 N–H and O–H groups in total. The Bertz CT molecular complexity index is 896. The molecule has 0 amide bonds. The fraction of sp³-hybridized carbons (Fsp3) is 0.235. The maximum atomic E-state index is 12.8. The van der Waals surface area contributed by atoms with Crippen molar-refractivity contribution in [2.45, 2.75) is 19.6 Å². The topological polar surface area (TPSA) is 75.9 Å². The molecule has 1 aromatic carbocycles. The standard InChI is InChI=1S/C17H16F3N5O/c1-10-7-11(17(18,19)20)8-14(26)15(10)13-4-3-12(23-24-13)9-22-16-21-5-6-25(16)2/h3-8,26H,9H2,1-2H3,(H,21,22). The van der Waals surface area contributed by atoms with Gasteiger partial charge in [0.25, 0.3) is 0 Å². The van der Waals surface area contributed by atoms with Crippen LogP contribution in [0, 0.1) is 6.92 Å². The molecule has 0 aliphatic heterocycles. The van der Waals surface area contributed by atoms with Gasteiger partial charge in [-0.25, -0.2) is 4.98 Å². The first-order valence-electron chi connectivity index (χ1n) is 7.70. The van der Waals surface area contributed by atoms with Crippen LogP contribution in [0.1, 0.15) is 16.8 Å². The van der Waals surface area contributed by atoms with Crippen molar-refractivity contribution in [1.29, 1.82) is 0 Å². The summed E-state index contributed by atoms with van der Waals surface area (Å²) in [6.45, 7) is 1.87. The van der Waals surface area contributed by atoms with E-state index in [0.717, 1.165) is 6.07 Å². The van der Waals surface area contributed by atoms with Crippen molar-refractivity contribution in [3.8, 4) is 17.0 Å². The Hall–Kier alpha value is -3.10. The summed E-state index contributed by atoms with van der Waals surface area (Å²) in [7, 11) is 1.85. The highest BCUT2D eigenvalue weighted by Crippen LogP contribution is 2.38. The first-order chi connectivity index (χ1) is 12.3. The molecule has 136 valence electrons. The number of hydrogen-bond donors (Lipinski definition) is 2. The molecule has 2 heterocycles. The molecule has 0 fully saturated rings. The van der Waals surface area contributed by atoms with Crippen LogP contribution in [0.5, 0.6) is 5.75 Å². The van der Waals surface area contributed by atoms with Crippen LogP contribution >= 0.6 is 0 Å². The van der Waals surface area contributed by atoms with Gasteiger partial charge in [0.2, 0.25) is 5.95 Å². The fourth-order valence-electron chi connectivity index (χ4n) is 2.56. The minimum absolute atomic E-state index is 0.231. The second kappa shape index (κ2) is 6.66. The number of alkyl halides is 3. The Labute approximate surface area is 147 Å². The van der Waals surface area contributed by atoms with Crippen LogP contribution in [-0.2, 0) is 19.8 Å². The van der Waals surface area contributed by atoms with Crippen LogP contribution in [0.25, 0.3) is 11.3 Å². The minimum atomic E-state index is -4.52. The second-order valence-corrected chi connectivity index (χ2v) is 5.81. The Morgan fingerprint density at radius 2 is 1.96 bits per heavy atom. The van der Waals surface area contributed by atoms with E-state index in [-0.39, 0.29) is 11.1 Å². The molecule has 0 unspecified atom stereocenters. The van der Waals surface area contributed by atoms with Crippen molar-refractivity contribution in [3.05, 3.63) is 53.5 Å². The Morgan fingerprint density at radius 3 is 2.50 bits per heavy atom. The van der Waals surface area contributed by atoms with E-state index in [0.29, 0.717) is 29.9 Å². The van der Waals surface area contributed by atoms with E-state index in [4.69, 9.17) is 0 Å².